The molecule has 0 fully saturated rings. The second kappa shape index (κ2) is 18.4. The SMILES string of the molecule is C=Cc1cc(Nc2ccc(C(=C)/C=C/C=N/C(=C\C(=N/C=C\C)c3ccccc3)c3ccccc3)cc2)c(-c2ccc3c(c2C)Oc2ccccc2O3)cc1/C=C\C. The Morgan fingerprint density at radius 2 is 1.36 bits per heavy atom. The molecule has 0 saturated heterocycles. The van der Waals surface area contributed by atoms with E-state index in [-0.39, 0.29) is 0 Å². The smallest absolute Gasteiger partial charge is 0.173 e. The van der Waals surface area contributed by atoms with E-state index in [0.717, 1.165) is 72.9 Å². The number of nitrogens with one attached hydrogen (secondary N) is 1. The molecular weight excluding hydrogens is 711 g/mol. The van der Waals surface area contributed by atoms with E-state index in [0.29, 0.717) is 23.0 Å². The van der Waals surface area contributed by atoms with Crippen molar-refractivity contribution in [2.24, 2.45) is 9.98 Å². The highest BCUT2D eigenvalue weighted by Gasteiger charge is 2.23. The largest absolute Gasteiger partial charge is 0.450 e. The molecule has 0 aromatic heterocycles. The van der Waals surface area contributed by atoms with Gasteiger partial charge >= 0.3 is 0 Å². The van der Waals surface area contributed by atoms with Crippen LogP contribution in [0.2, 0.25) is 0 Å². The number of ether oxygens (including phenoxy) is 2. The van der Waals surface area contributed by atoms with Gasteiger partial charge in [0.05, 0.1) is 11.4 Å². The number of aliphatic imine (C=N–C) groups is 2. The maximum absolute atomic E-state index is 6.39. The molecule has 6 aromatic carbocycles. The fraction of sp³-hybridized carbons (Fsp3) is 0.0566. The monoisotopic (exact) mass is 755 g/mol. The lowest BCUT2D eigenvalue weighted by Gasteiger charge is -2.24. The van der Waals surface area contributed by atoms with E-state index >= 15 is 0 Å². The Hall–Kier alpha value is -7.50. The van der Waals surface area contributed by atoms with Crippen molar-refractivity contribution in [2.45, 2.75) is 20.8 Å². The van der Waals surface area contributed by atoms with Gasteiger partial charge in [0.15, 0.2) is 23.0 Å². The Labute approximate surface area is 341 Å². The average Bonchev–Trinajstić information content (AvgIpc) is 3.26. The fourth-order valence-corrected chi connectivity index (χ4v) is 6.67. The molecule has 1 aliphatic heterocycles. The topological polar surface area (TPSA) is 55.2 Å². The lowest BCUT2D eigenvalue weighted by Crippen LogP contribution is -2.02. The number of allylic oxidation sites excluding steroid dienone is 6. The zero-order valence-electron chi connectivity index (χ0n) is 33.0. The van der Waals surface area contributed by atoms with Crippen molar-refractivity contribution in [3.05, 3.63) is 217 Å². The molecule has 0 bridgehead atoms. The predicted molar refractivity (Wildman–Crippen MR) is 247 cm³/mol. The van der Waals surface area contributed by atoms with Crippen molar-refractivity contribution >= 4 is 46.7 Å². The lowest BCUT2D eigenvalue weighted by atomic mass is 9.93. The van der Waals surface area contributed by atoms with Crippen molar-refractivity contribution in [1.82, 2.24) is 0 Å². The fourth-order valence-electron chi connectivity index (χ4n) is 6.67. The molecule has 0 unspecified atom stereocenters. The van der Waals surface area contributed by atoms with Gasteiger partial charge in [-0.2, -0.15) is 0 Å². The Morgan fingerprint density at radius 1 is 0.672 bits per heavy atom. The van der Waals surface area contributed by atoms with Crippen LogP contribution in [0.1, 0.15) is 47.2 Å². The van der Waals surface area contributed by atoms with Crippen LogP contribution in [0.15, 0.2) is 193 Å². The standard InChI is InChI=1S/C53H45N3O2/c1-6-18-43-34-46(45-30-31-52-53(38(45)5)58-51-25-16-15-24-50(51)57-52)49(35-39(43)8-3)56-44-28-26-40(27-29-44)37(4)19-17-33-55-48(42-22-13-10-14-23-42)36-47(54-32-7-2)41-20-11-9-12-21-41/h6-36,56H,3-4H2,1-2,5H3/b18-6-,19-17+,32-7-,48-36-,54-47+,55-33+. The molecule has 6 aromatic rings. The van der Waals surface area contributed by atoms with Gasteiger partial charge in [-0.05, 0) is 103 Å². The highest BCUT2D eigenvalue weighted by Crippen LogP contribution is 2.50. The maximum atomic E-state index is 6.39. The third kappa shape index (κ3) is 8.96. The summed E-state index contributed by atoms with van der Waals surface area (Å²) in [5, 5.41) is 3.69. The number of hydrogen-bond acceptors (Lipinski definition) is 5. The molecule has 7 rings (SSSR count). The second-order valence-corrected chi connectivity index (χ2v) is 13.6. The number of para-hydroxylation sites is 2. The van der Waals surface area contributed by atoms with E-state index < -0.39 is 0 Å². The summed E-state index contributed by atoms with van der Waals surface area (Å²) in [6.07, 6.45) is 17.5. The number of nitrogens with zero attached hydrogens (tertiary/aromatic N) is 2. The zero-order valence-corrected chi connectivity index (χ0v) is 33.0. The molecule has 0 radical (unpaired) electrons. The molecule has 0 aliphatic carbocycles. The van der Waals surface area contributed by atoms with Gasteiger partial charge in [-0.3, -0.25) is 9.98 Å². The molecule has 1 aliphatic rings. The first-order valence-electron chi connectivity index (χ1n) is 19.3. The Morgan fingerprint density at radius 3 is 2.05 bits per heavy atom. The molecule has 58 heavy (non-hydrogen) atoms. The van der Waals surface area contributed by atoms with Gasteiger partial charge < -0.3 is 14.8 Å². The Balaban J connectivity index is 1.13. The summed E-state index contributed by atoms with van der Waals surface area (Å²) >= 11 is 0. The van der Waals surface area contributed by atoms with Gasteiger partial charge in [0.25, 0.3) is 0 Å². The number of benzene rings is 6. The number of hydrogen-bond donors (Lipinski definition) is 1. The Bertz CT molecular complexity index is 2630. The van der Waals surface area contributed by atoms with Crippen LogP contribution in [0.3, 0.4) is 0 Å². The first-order chi connectivity index (χ1) is 28.4. The first kappa shape index (κ1) is 38.8. The average molecular weight is 756 g/mol. The van der Waals surface area contributed by atoms with Crippen molar-refractivity contribution in [1.29, 1.82) is 0 Å². The van der Waals surface area contributed by atoms with Crippen molar-refractivity contribution in [3.63, 3.8) is 0 Å². The third-order valence-corrected chi connectivity index (χ3v) is 9.64. The molecule has 1 N–H and O–H groups in total. The Kier molecular flexibility index (Phi) is 12.3. The molecule has 0 saturated carbocycles. The van der Waals surface area contributed by atoms with E-state index in [2.05, 4.69) is 86.1 Å². The minimum atomic E-state index is 0.696. The van der Waals surface area contributed by atoms with E-state index in [1.54, 1.807) is 12.4 Å². The van der Waals surface area contributed by atoms with Crippen molar-refractivity contribution < 1.29 is 9.47 Å². The molecule has 1 heterocycles. The normalized spacial score (nSPS) is 12.7. The maximum Gasteiger partial charge on any atom is 0.173 e. The van der Waals surface area contributed by atoms with Crippen molar-refractivity contribution in [2.75, 3.05) is 5.32 Å². The van der Waals surface area contributed by atoms with Crippen LogP contribution in [-0.4, -0.2) is 11.9 Å². The van der Waals surface area contributed by atoms with Gasteiger partial charge in [-0.1, -0.05) is 135 Å². The van der Waals surface area contributed by atoms with Crippen LogP contribution in [-0.2, 0) is 0 Å². The van der Waals surface area contributed by atoms with E-state index in [9.17, 15) is 0 Å². The van der Waals surface area contributed by atoms with Gasteiger partial charge in [0, 0.05) is 46.0 Å². The summed E-state index contributed by atoms with van der Waals surface area (Å²) in [6, 6.07) is 44.7. The summed E-state index contributed by atoms with van der Waals surface area (Å²) in [7, 11) is 0. The second-order valence-electron chi connectivity index (χ2n) is 13.6. The summed E-state index contributed by atoms with van der Waals surface area (Å²) in [5.41, 5.74) is 12.5. The van der Waals surface area contributed by atoms with Crippen LogP contribution in [0.4, 0.5) is 11.4 Å². The van der Waals surface area contributed by atoms with E-state index in [1.165, 1.54) is 0 Å². The van der Waals surface area contributed by atoms with Crippen LogP contribution in [0.25, 0.3) is 34.5 Å². The van der Waals surface area contributed by atoms with Gasteiger partial charge in [-0.25, -0.2) is 0 Å². The highest BCUT2D eigenvalue weighted by molar-refractivity contribution is 6.12. The molecule has 5 heteroatoms. The van der Waals surface area contributed by atoms with Crippen LogP contribution < -0.4 is 14.8 Å². The summed E-state index contributed by atoms with van der Waals surface area (Å²) in [5.74, 6) is 2.82. The van der Waals surface area contributed by atoms with Crippen molar-refractivity contribution in [3.8, 4) is 34.1 Å². The van der Waals surface area contributed by atoms with Gasteiger partial charge in [-0.15, -0.1) is 0 Å². The number of rotatable bonds is 13. The minimum absolute atomic E-state index is 0.696. The van der Waals surface area contributed by atoms with Gasteiger partial charge in [0.2, 0.25) is 0 Å². The first-order valence-corrected chi connectivity index (χ1v) is 19.3. The summed E-state index contributed by atoms with van der Waals surface area (Å²) in [4.78, 5) is 9.57. The molecule has 0 amide bonds. The quantitative estimate of drug-likeness (QED) is 0.0942. The van der Waals surface area contributed by atoms with Gasteiger partial charge in [0.1, 0.15) is 0 Å². The number of anilines is 2. The summed E-state index contributed by atoms with van der Waals surface area (Å²) in [6.45, 7) is 14.5. The lowest BCUT2D eigenvalue weighted by molar-refractivity contribution is 0.358. The van der Waals surface area contributed by atoms with E-state index in [4.69, 9.17) is 19.5 Å². The predicted octanol–water partition coefficient (Wildman–Crippen LogP) is 14.7. The van der Waals surface area contributed by atoms with Crippen LogP contribution in [0, 0.1) is 6.92 Å². The molecule has 5 nitrogen and oxygen atoms in total. The molecule has 284 valence electrons. The summed E-state index contributed by atoms with van der Waals surface area (Å²) < 4.78 is 12.6. The number of fused-ring (bicyclic) bond motifs is 2. The molecule has 0 atom stereocenters. The highest BCUT2D eigenvalue weighted by atomic mass is 16.6. The van der Waals surface area contributed by atoms with E-state index in [1.807, 2.05) is 129 Å². The third-order valence-electron chi connectivity index (χ3n) is 9.64. The molecule has 0 spiro atoms. The van der Waals surface area contributed by atoms with Crippen LogP contribution in [0.5, 0.6) is 23.0 Å². The van der Waals surface area contributed by atoms with Crippen LogP contribution >= 0.6 is 0 Å². The minimum Gasteiger partial charge on any atom is -0.450 e. The zero-order chi connectivity index (χ0) is 40.3. The molecular formula is C53H45N3O2.